The molecule has 0 radical (unpaired) electrons. The monoisotopic (exact) mass is 292 g/mol. The minimum Gasteiger partial charge on any atom is -0.481 e. The number of carbonyl (C=O) groups is 1. The summed E-state index contributed by atoms with van der Waals surface area (Å²) in [6.45, 7) is 6.41. The van der Waals surface area contributed by atoms with E-state index in [0.717, 1.165) is 5.56 Å². The summed E-state index contributed by atoms with van der Waals surface area (Å²) in [6.07, 6.45) is 0.661. The number of rotatable bonds is 4. The van der Waals surface area contributed by atoms with Crippen molar-refractivity contribution in [3.8, 4) is 0 Å². The number of carboxylic acids is 1. The van der Waals surface area contributed by atoms with Gasteiger partial charge >= 0.3 is 5.97 Å². The molecule has 1 aliphatic rings. The second-order valence-electron chi connectivity index (χ2n) is 6.89. The molecule has 1 saturated carbocycles. The van der Waals surface area contributed by atoms with E-state index in [4.69, 9.17) is 9.47 Å². The van der Waals surface area contributed by atoms with Crippen molar-refractivity contribution >= 4 is 5.97 Å². The maximum Gasteiger partial charge on any atom is 0.314 e. The molecule has 0 atom stereocenters. The van der Waals surface area contributed by atoms with E-state index >= 15 is 0 Å². The van der Waals surface area contributed by atoms with Crippen molar-refractivity contribution in [3.63, 3.8) is 0 Å². The quantitative estimate of drug-likeness (QED) is 0.866. The van der Waals surface area contributed by atoms with Crippen LogP contribution in [0.2, 0.25) is 0 Å². The minimum atomic E-state index is -0.914. The highest BCUT2D eigenvalue weighted by molar-refractivity contribution is 5.83. The van der Waals surface area contributed by atoms with Crippen molar-refractivity contribution in [1.82, 2.24) is 0 Å². The minimum absolute atomic E-state index is 0.0529. The first-order valence-corrected chi connectivity index (χ1v) is 7.14. The molecule has 0 aromatic heterocycles. The Morgan fingerprint density at radius 1 is 1.10 bits per heavy atom. The summed E-state index contributed by atoms with van der Waals surface area (Å²) in [5.41, 5.74) is 1.14. The topological polar surface area (TPSA) is 55.8 Å². The van der Waals surface area contributed by atoms with Crippen molar-refractivity contribution < 1.29 is 19.4 Å². The summed E-state index contributed by atoms with van der Waals surface area (Å²) >= 11 is 0. The van der Waals surface area contributed by atoms with Crippen LogP contribution in [0.5, 0.6) is 0 Å². The van der Waals surface area contributed by atoms with Crippen LogP contribution in [0.1, 0.15) is 44.7 Å². The fraction of sp³-hybridized carbons (Fsp3) is 0.588. The average molecular weight is 292 g/mol. The molecule has 1 aliphatic carbocycles. The largest absolute Gasteiger partial charge is 0.481 e. The smallest absolute Gasteiger partial charge is 0.314 e. The number of benzene rings is 1. The van der Waals surface area contributed by atoms with Gasteiger partial charge in [0.25, 0.3) is 0 Å². The van der Waals surface area contributed by atoms with E-state index in [1.165, 1.54) is 5.56 Å². The molecule has 0 bridgehead atoms. The molecular weight excluding hydrogens is 268 g/mol. The summed E-state index contributed by atoms with van der Waals surface area (Å²) in [5.74, 6) is -1.60. The second-order valence-corrected chi connectivity index (χ2v) is 6.89. The predicted octanol–water partition coefficient (Wildman–Crippen LogP) is 3.09. The first kappa shape index (κ1) is 16.0. The molecule has 21 heavy (non-hydrogen) atoms. The van der Waals surface area contributed by atoms with Gasteiger partial charge in [-0.3, -0.25) is 4.79 Å². The highest BCUT2D eigenvalue weighted by atomic mass is 16.7. The van der Waals surface area contributed by atoms with E-state index in [-0.39, 0.29) is 5.41 Å². The van der Waals surface area contributed by atoms with Crippen molar-refractivity contribution in [2.45, 2.75) is 50.2 Å². The average Bonchev–Trinajstić information content (AvgIpc) is 2.38. The molecule has 116 valence electrons. The molecule has 1 aromatic rings. The molecule has 1 N–H and O–H groups in total. The SMILES string of the molecule is COC1(OC)CC(C(=O)O)(c2ccc(C(C)(C)C)cc2)C1. The lowest BCUT2D eigenvalue weighted by molar-refractivity contribution is -0.277. The molecule has 1 fully saturated rings. The maximum absolute atomic E-state index is 11.8. The highest BCUT2D eigenvalue weighted by Gasteiger charge is 2.61. The fourth-order valence-corrected chi connectivity index (χ4v) is 3.01. The van der Waals surface area contributed by atoms with Crippen molar-refractivity contribution in [2.24, 2.45) is 0 Å². The number of methoxy groups -OCH3 is 2. The van der Waals surface area contributed by atoms with Gasteiger partial charge in [0.05, 0.1) is 0 Å². The second kappa shape index (κ2) is 5.11. The van der Waals surface area contributed by atoms with Gasteiger partial charge in [-0.25, -0.2) is 0 Å². The number of carboxylic acid groups (broad SMARTS) is 1. The number of aliphatic carboxylic acids is 1. The van der Waals surface area contributed by atoms with E-state index in [0.29, 0.717) is 12.8 Å². The Kier molecular flexibility index (Phi) is 3.89. The van der Waals surface area contributed by atoms with Crippen molar-refractivity contribution in [3.05, 3.63) is 35.4 Å². The predicted molar refractivity (Wildman–Crippen MR) is 80.4 cm³/mol. The summed E-state index contributed by atoms with van der Waals surface area (Å²) in [6, 6.07) is 7.87. The fourth-order valence-electron chi connectivity index (χ4n) is 3.01. The van der Waals surface area contributed by atoms with Gasteiger partial charge in [-0.1, -0.05) is 45.0 Å². The molecule has 0 saturated heterocycles. The third-order valence-electron chi connectivity index (χ3n) is 4.60. The lowest BCUT2D eigenvalue weighted by atomic mass is 9.60. The Morgan fingerprint density at radius 3 is 1.90 bits per heavy atom. The standard InChI is InChI=1S/C17H24O4/c1-15(2,3)12-6-8-13(9-7-12)16(14(18)19)10-17(11-16,20-4)21-5/h6-9H,10-11H2,1-5H3,(H,18,19). The Labute approximate surface area is 126 Å². The molecule has 0 amide bonds. The Morgan fingerprint density at radius 2 is 1.57 bits per heavy atom. The summed E-state index contributed by atoms with van der Waals surface area (Å²) in [5, 5.41) is 9.68. The summed E-state index contributed by atoms with van der Waals surface area (Å²) in [7, 11) is 3.11. The molecule has 1 aromatic carbocycles. The van der Waals surface area contributed by atoms with Crippen molar-refractivity contribution in [1.29, 1.82) is 0 Å². The van der Waals surface area contributed by atoms with E-state index < -0.39 is 17.2 Å². The molecule has 0 spiro atoms. The first-order chi connectivity index (χ1) is 9.69. The van der Waals surface area contributed by atoms with Crippen LogP contribution < -0.4 is 0 Å². The zero-order valence-corrected chi connectivity index (χ0v) is 13.4. The van der Waals surface area contributed by atoms with Crippen LogP contribution in [0.15, 0.2) is 24.3 Å². The van der Waals surface area contributed by atoms with Gasteiger partial charge in [0.15, 0.2) is 5.79 Å². The van der Waals surface area contributed by atoms with Crippen LogP contribution >= 0.6 is 0 Å². The van der Waals surface area contributed by atoms with E-state index in [9.17, 15) is 9.90 Å². The Balaban J connectivity index is 2.32. The maximum atomic E-state index is 11.8. The lowest BCUT2D eigenvalue weighted by Crippen LogP contribution is -2.60. The highest BCUT2D eigenvalue weighted by Crippen LogP contribution is 2.52. The van der Waals surface area contributed by atoms with Gasteiger partial charge in [-0.2, -0.15) is 0 Å². The molecule has 0 unspecified atom stereocenters. The van der Waals surface area contributed by atoms with E-state index in [1.807, 2.05) is 24.3 Å². The number of ether oxygens (including phenoxy) is 2. The zero-order chi connectivity index (χ0) is 15.9. The number of hydrogen-bond donors (Lipinski definition) is 1. The molecule has 0 heterocycles. The Hall–Kier alpha value is -1.39. The molecule has 2 rings (SSSR count). The summed E-state index contributed by atoms with van der Waals surface area (Å²) < 4.78 is 10.7. The van der Waals surface area contributed by atoms with Gasteiger partial charge in [-0.05, 0) is 16.5 Å². The van der Waals surface area contributed by atoms with Gasteiger partial charge in [0.1, 0.15) is 5.41 Å². The van der Waals surface area contributed by atoms with Crippen LogP contribution in [0.3, 0.4) is 0 Å². The lowest BCUT2D eigenvalue weighted by Gasteiger charge is -2.51. The molecular formula is C17H24O4. The van der Waals surface area contributed by atoms with Crippen molar-refractivity contribution in [2.75, 3.05) is 14.2 Å². The van der Waals surface area contributed by atoms with Gasteiger partial charge in [0, 0.05) is 27.1 Å². The van der Waals surface area contributed by atoms with Gasteiger partial charge in [0.2, 0.25) is 0 Å². The van der Waals surface area contributed by atoms with Crippen LogP contribution in [0.25, 0.3) is 0 Å². The third-order valence-corrected chi connectivity index (χ3v) is 4.60. The van der Waals surface area contributed by atoms with Crippen LogP contribution in [-0.2, 0) is 25.1 Å². The van der Waals surface area contributed by atoms with E-state index in [1.54, 1.807) is 14.2 Å². The van der Waals surface area contributed by atoms with Crippen LogP contribution in [0.4, 0.5) is 0 Å². The zero-order valence-electron chi connectivity index (χ0n) is 13.4. The van der Waals surface area contributed by atoms with Crippen LogP contribution in [-0.4, -0.2) is 31.1 Å². The van der Waals surface area contributed by atoms with E-state index in [2.05, 4.69) is 20.8 Å². The third kappa shape index (κ3) is 2.58. The molecule has 4 nitrogen and oxygen atoms in total. The first-order valence-electron chi connectivity index (χ1n) is 7.14. The molecule has 4 heteroatoms. The normalized spacial score (nSPS) is 19.9. The van der Waals surface area contributed by atoms with Gasteiger partial charge < -0.3 is 14.6 Å². The molecule has 0 aliphatic heterocycles. The van der Waals surface area contributed by atoms with Crippen LogP contribution in [0, 0.1) is 0 Å². The number of hydrogen-bond acceptors (Lipinski definition) is 3. The Bertz CT molecular complexity index is 513. The summed E-state index contributed by atoms with van der Waals surface area (Å²) in [4.78, 5) is 11.8. The van der Waals surface area contributed by atoms with Gasteiger partial charge in [-0.15, -0.1) is 0 Å².